The summed E-state index contributed by atoms with van der Waals surface area (Å²) in [7, 11) is 0. The highest BCUT2D eigenvalue weighted by molar-refractivity contribution is 7.09. The molecule has 1 aliphatic rings. The molecule has 0 spiro atoms. The minimum absolute atomic E-state index is 0.0568. The van der Waals surface area contributed by atoms with E-state index >= 15 is 0 Å². The van der Waals surface area contributed by atoms with E-state index in [4.69, 9.17) is 4.98 Å². The van der Waals surface area contributed by atoms with Gasteiger partial charge in [0.15, 0.2) is 5.69 Å². The van der Waals surface area contributed by atoms with Crippen LogP contribution >= 0.6 is 11.3 Å². The fourth-order valence-electron chi connectivity index (χ4n) is 3.68. The van der Waals surface area contributed by atoms with Gasteiger partial charge < -0.3 is 9.30 Å². The molecule has 4 heterocycles. The molecule has 3 aromatic rings. The first-order valence-corrected chi connectivity index (χ1v) is 10.2. The molecule has 0 N–H and O–H groups in total. The molecule has 136 valence electrons. The molecule has 6 heteroatoms. The molecule has 0 aliphatic carbocycles. The Labute approximate surface area is 157 Å². The van der Waals surface area contributed by atoms with Gasteiger partial charge in [0.25, 0.3) is 5.91 Å². The van der Waals surface area contributed by atoms with Crippen molar-refractivity contribution in [3.05, 3.63) is 52.5 Å². The highest BCUT2D eigenvalue weighted by atomic mass is 32.1. The van der Waals surface area contributed by atoms with Gasteiger partial charge in [-0.05, 0) is 30.9 Å². The third kappa shape index (κ3) is 3.26. The van der Waals surface area contributed by atoms with Crippen LogP contribution in [0.1, 0.15) is 53.9 Å². The van der Waals surface area contributed by atoms with Gasteiger partial charge >= 0.3 is 0 Å². The lowest BCUT2D eigenvalue weighted by molar-refractivity contribution is 0.0709. The van der Waals surface area contributed by atoms with E-state index in [-0.39, 0.29) is 5.91 Å². The summed E-state index contributed by atoms with van der Waals surface area (Å²) in [6.07, 6.45) is 6.69. The number of aromatic nitrogens is 3. The number of likely N-dealkylation sites (tertiary alicyclic amines) is 1. The third-order valence-electron chi connectivity index (χ3n) is 5.00. The molecule has 1 fully saturated rings. The summed E-state index contributed by atoms with van der Waals surface area (Å²) in [6, 6.07) is 5.96. The maximum absolute atomic E-state index is 13.1. The van der Waals surface area contributed by atoms with Crippen LogP contribution in [0.25, 0.3) is 5.52 Å². The molecule has 4 rings (SSSR count). The van der Waals surface area contributed by atoms with Crippen molar-refractivity contribution in [1.82, 2.24) is 19.3 Å². The lowest BCUT2D eigenvalue weighted by Crippen LogP contribution is -2.38. The molecule has 26 heavy (non-hydrogen) atoms. The maximum atomic E-state index is 13.1. The van der Waals surface area contributed by atoms with Crippen LogP contribution in [0.4, 0.5) is 0 Å². The Morgan fingerprint density at radius 3 is 2.81 bits per heavy atom. The summed E-state index contributed by atoms with van der Waals surface area (Å²) in [4.78, 5) is 24.3. The number of hydrogen-bond acceptors (Lipinski definition) is 4. The molecule has 0 aromatic carbocycles. The number of imidazole rings is 1. The highest BCUT2D eigenvalue weighted by Crippen LogP contribution is 2.30. The van der Waals surface area contributed by atoms with Gasteiger partial charge in [-0.1, -0.05) is 19.9 Å². The van der Waals surface area contributed by atoms with E-state index in [0.717, 1.165) is 43.7 Å². The van der Waals surface area contributed by atoms with E-state index in [0.29, 0.717) is 17.5 Å². The number of rotatable bonds is 4. The van der Waals surface area contributed by atoms with Crippen LogP contribution in [0.2, 0.25) is 0 Å². The van der Waals surface area contributed by atoms with Crippen LogP contribution in [0, 0.1) is 5.92 Å². The molecule has 1 saturated heterocycles. The number of amides is 1. The van der Waals surface area contributed by atoms with Crippen LogP contribution in [-0.4, -0.2) is 38.3 Å². The zero-order valence-electron chi connectivity index (χ0n) is 15.3. The van der Waals surface area contributed by atoms with Crippen molar-refractivity contribution >= 4 is 22.8 Å². The third-order valence-corrected chi connectivity index (χ3v) is 5.94. The minimum atomic E-state index is 0.0568. The second kappa shape index (κ2) is 7.19. The van der Waals surface area contributed by atoms with Crippen molar-refractivity contribution in [2.24, 2.45) is 5.92 Å². The number of pyridine rings is 1. The predicted molar refractivity (Wildman–Crippen MR) is 104 cm³/mol. The van der Waals surface area contributed by atoms with Gasteiger partial charge in [0.2, 0.25) is 0 Å². The molecule has 1 aliphatic heterocycles. The van der Waals surface area contributed by atoms with Crippen LogP contribution in [0.15, 0.2) is 36.0 Å². The first-order chi connectivity index (χ1) is 12.6. The normalized spacial score (nSPS) is 15.9. The van der Waals surface area contributed by atoms with Gasteiger partial charge in [0.1, 0.15) is 5.82 Å². The molecule has 0 unspecified atom stereocenters. The fourth-order valence-corrected chi connectivity index (χ4v) is 4.49. The Hall–Kier alpha value is -2.21. The maximum Gasteiger partial charge on any atom is 0.274 e. The number of thiazole rings is 1. The fraction of sp³-hybridized carbons (Fsp3) is 0.450. The first kappa shape index (κ1) is 17.2. The summed E-state index contributed by atoms with van der Waals surface area (Å²) in [5, 5.41) is 3.23. The smallest absolute Gasteiger partial charge is 0.274 e. The van der Waals surface area contributed by atoms with E-state index < -0.39 is 0 Å². The Kier molecular flexibility index (Phi) is 4.76. The zero-order valence-corrected chi connectivity index (χ0v) is 16.1. The zero-order chi connectivity index (χ0) is 18.1. The summed E-state index contributed by atoms with van der Waals surface area (Å²) >= 11 is 1.72. The average Bonchev–Trinajstić information content (AvgIpc) is 3.30. The average molecular weight is 369 g/mol. The standard InChI is InChI=1S/C20H24N4OS/c1-14(2)13-17-22-18(16-5-3-4-9-24(16)17)20(25)23-10-6-15(7-11-23)19-21-8-12-26-19/h3-5,8-9,12,14-15H,6-7,10-11,13H2,1-2H3. The summed E-state index contributed by atoms with van der Waals surface area (Å²) in [6.45, 7) is 5.90. The van der Waals surface area contributed by atoms with Gasteiger partial charge in [-0.25, -0.2) is 9.97 Å². The van der Waals surface area contributed by atoms with Gasteiger partial charge in [0, 0.05) is 43.2 Å². The van der Waals surface area contributed by atoms with Crippen LogP contribution < -0.4 is 0 Å². The molecule has 0 atom stereocenters. The molecule has 1 amide bonds. The van der Waals surface area contributed by atoms with Crippen molar-refractivity contribution < 1.29 is 4.79 Å². The molecule has 0 bridgehead atoms. The number of carbonyl (C=O) groups excluding carboxylic acids is 1. The Morgan fingerprint density at radius 1 is 1.31 bits per heavy atom. The summed E-state index contributed by atoms with van der Waals surface area (Å²) in [5.74, 6) is 2.00. The monoisotopic (exact) mass is 368 g/mol. The van der Waals surface area contributed by atoms with Crippen LogP contribution in [0.5, 0.6) is 0 Å². The number of nitrogens with zero attached hydrogens (tertiary/aromatic N) is 4. The quantitative estimate of drug-likeness (QED) is 0.699. The lowest BCUT2D eigenvalue weighted by Gasteiger charge is -2.30. The molecule has 0 saturated carbocycles. The number of fused-ring (bicyclic) bond motifs is 1. The lowest BCUT2D eigenvalue weighted by atomic mass is 9.97. The molecule has 5 nitrogen and oxygen atoms in total. The molecule has 3 aromatic heterocycles. The van der Waals surface area contributed by atoms with Crippen molar-refractivity contribution in [3.63, 3.8) is 0 Å². The molecule has 0 radical (unpaired) electrons. The summed E-state index contributed by atoms with van der Waals surface area (Å²) in [5.41, 5.74) is 1.50. The minimum Gasteiger partial charge on any atom is -0.337 e. The second-order valence-corrected chi connectivity index (χ2v) is 8.29. The number of carbonyl (C=O) groups is 1. The topological polar surface area (TPSA) is 50.5 Å². The highest BCUT2D eigenvalue weighted by Gasteiger charge is 2.28. The summed E-state index contributed by atoms with van der Waals surface area (Å²) < 4.78 is 2.07. The van der Waals surface area contributed by atoms with E-state index in [1.165, 1.54) is 5.01 Å². The van der Waals surface area contributed by atoms with Gasteiger partial charge in [-0.15, -0.1) is 11.3 Å². The van der Waals surface area contributed by atoms with E-state index in [9.17, 15) is 4.79 Å². The molecular weight excluding hydrogens is 344 g/mol. The van der Waals surface area contributed by atoms with E-state index in [2.05, 4.69) is 23.2 Å². The van der Waals surface area contributed by atoms with Gasteiger partial charge in [0.05, 0.1) is 10.5 Å². The van der Waals surface area contributed by atoms with E-state index in [1.807, 2.05) is 40.9 Å². The molecular formula is C20H24N4OS. The van der Waals surface area contributed by atoms with Gasteiger partial charge in [-0.2, -0.15) is 0 Å². The largest absolute Gasteiger partial charge is 0.337 e. The SMILES string of the molecule is CC(C)Cc1nc(C(=O)N2CCC(c3nccs3)CC2)c2ccccn12. The Bertz CT molecular complexity index is 892. The first-order valence-electron chi connectivity index (χ1n) is 9.28. The van der Waals surface area contributed by atoms with Gasteiger partial charge in [-0.3, -0.25) is 4.79 Å². The second-order valence-electron chi connectivity index (χ2n) is 7.37. The van der Waals surface area contributed by atoms with Crippen LogP contribution in [-0.2, 0) is 6.42 Å². The van der Waals surface area contributed by atoms with Crippen molar-refractivity contribution in [3.8, 4) is 0 Å². The number of hydrogen-bond donors (Lipinski definition) is 0. The Balaban J connectivity index is 1.55. The van der Waals surface area contributed by atoms with E-state index in [1.54, 1.807) is 11.3 Å². The predicted octanol–water partition coefficient (Wildman–Crippen LogP) is 4.01. The van der Waals surface area contributed by atoms with Crippen molar-refractivity contribution in [2.45, 2.75) is 39.0 Å². The Morgan fingerprint density at radius 2 is 2.12 bits per heavy atom. The van der Waals surface area contributed by atoms with Crippen LogP contribution in [0.3, 0.4) is 0 Å². The van der Waals surface area contributed by atoms with Crippen molar-refractivity contribution in [1.29, 1.82) is 0 Å². The van der Waals surface area contributed by atoms with Crippen molar-refractivity contribution in [2.75, 3.05) is 13.1 Å². The number of piperidine rings is 1.